The smallest absolute Gasteiger partial charge is 0.129 e. The molecule has 0 aromatic carbocycles. The summed E-state index contributed by atoms with van der Waals surface area (Å²) in [6.07, 6.45) is 3.46. The van der Waals surface area contributed by atoms with Crippen molar-refractivity contribution in [3.05, 3.63) is 24.2 Å². The summed E-state index contributed by atoms with van der Waals surface area (Å²) in [4.78, 5) is 0. The van der Waals surface area contributed by atoms with Gasteiger partial charge in [0.05, 0.1) is 19.0 Å². The molecule has 2 unspecified atom stereocenters. The highest BCUT2D eigenvalue weighted by Crippen LogP contribution is 2.12. The van der Waals surface area contributed by atoms with Crippen molar-refractivity contribution in [2.45, 2.75) is 52.4 Å². The second kappa shape index (κ2) is 9.13. The van der Waals surface area contributed by atoms with Crippen molar-refractivity contribution in [2.24, 2.45) is 5.92 Å². The third-order valence-electron chi connectivity index (χ3n) is 3.57. The largest absolute Gasteiger partial charge is 0.467 e. The van der Waals surface area contributed by atoms with E-state index in [0.717, 1.165) is 18.6 Å². The van der Waals surface area contributed by atoms with Gasteiger partial charge in [-0.2, -0.15) is 0 Å². The lowest BCUT2D eigenvalue weighted by molar-refractivity contribution is 0.0208. The summed E-state index contributed by atoms with van der Waals surface area (Å²) in [5, 5.41) is 13.2. The van der Waals surface area contributed by atoms with Crippen LogP contribution in [-0.4, -0.2) is 30.4 Å². The van der Waals surface area contributed by atoms with Crippen molar-refractivity contribution < 1.29 is 14.3 Å². The molecule has 1 rings (SSSR count). The van der Waals surface area contributed by atoms with E-state index in [-0.39, 0.29) is 0 Å². The molecule has 0 amide bonds. The van der Waals surface area contributed by atoms with Crippen LogP contribution in [0.5, 0.6) is 0 Å². The lowest BCUT2D eigenvalue weighted by Crippen LogP contribution is -2.39. The highest BCUT2D eigenvalue weighted by atomic mass is 16.5. The molecule has 0 fully saturated rings. The molecular formula is C15H27NO3. The third-order valence-corrected chi connectivity index (χ3v) is 3.57. The lowest BCUT2D eigenvalue weighted by atomic mass is 9.95. The number of ether oxygens (including phenoxy) is 1. The van der Waals surface area contributed by atoms with E-state index in [1.165, 1.54) is 0 Å². The van der Waals surface area contributed by atoms with Gasteiger partial charge in [-0.3, -0.25) is 0 Å². The van der Waals surface area contributed by atoms with Crippen LogP contribution < -0.4 is 5.32 Å². The molecule has 0 spiro atoms. The fourth-order valence-electron chi connectivity index (χ4n) is 2.23. The Labute approximate surface area is 116 Å². The molecule has 1 aromatic heterocycles. The highest BCUT2D eigenvalue weighted by Gasteiger charge is 2.14. The molecule has 0 saturated heterocycles. The Morgan fingerprint density at radius 2 is 2.11 bits per heavy atom. The Morgan fingerprint density at radius 1 is 1.37 bits per heavy atom. The molecule has 2 N–H and O–H groups in total. The first-order valence-electron chi connectivity index (χ1n) is 7.18. The molecule has 0 radical (unpaired) electrons. The zero-order valence-electron chi connectivity index (χ0n) is 12.3. The van der Waals surface area contributed by atoms with E-state index in [1.807, 2.05) is 12.1 Å². The molecule has 2 atom stereocenters. The molecule has 1 heterocycles. The zero-order chi connectivity index (χ0) is 14.1. The Balaban J connectivity index is 2.11. The predicted molar refractivity (Wildman–Crippen MR) is 75.9 cm³/mol. The number of rotatable bonds is 10. The molecule has 110 valence electrons. The monoisotopic (exact) mass is 269 g/mol. The van der Waals surface area contributed by atoms with Crippen molar-refractivity contribution >= 4 is 0 Å². The molecule has 0 aliphatic heterocycles. The third kappa shape index (κ3) is 6.23. The van der Waals surface area contributed by atoms with Crippen LogP contribution in [0.25, 0.3) is 0 Å². The van der Waals surface area contributed by atoms with Crippen LogP contribution in [0.2, 0.25) is 0 Å². The van der Waals surface area contributed by atoms with Crippen molar-refractivity contribution in [1.29, 1.82) is 0 Å². The Morgan fingerprint density at radius 3 is 2.68 bits per heavy atom. The standard InChI is InChI=1S/C15H27NO3/c1-4-13(5-2)12(3)16-9-14(17)10-18-11-15-7-6-8-19-15/h6-8,12-14,16-17H,4-5,9-11H2,1-3H3. The molecular weight excluding hydrogens is 242 g/mol. The number of nitrogens with one attached hydrogen (secondary N) is 1. The summed E-state index contributed by atoms with van der Waals surface area (Å²) in [6, 6.07) is 4.11. The van der Waals surface area contributed by atoms with Gasteiger partial charge < -0.3 is 19.6 Å². The van der Waals surface area contributed by atoms with E-state index in [9.17, 15) is 5.11 Å². The van der Waals surface area contributed by atoms with Gasteiger partial charge in [0.25, 0.3) is 0 Å². The first kappa shape index (κ1) is 16.2. The first-order valence-corrected chi connectivity index (χ1v) is 7.18. The van der Waals surface area contributed by atoms with Crippen LogP contribution in [0.1, 0.15) is 39.4 Å². The van der Waals surface area contributed by atoms with Gasteiger partial charge in [0.1, 0.15) is 12.4 Å². The van der Waals surface area contributed by atoms with Gasteiger partial charge in [0.15, 0.2) is 0 Å². The maximum absolute atomic E-state index is 9.84. The lowest BCUT2D eigenvalue weighted by Gasteiger charge is -2.24. The fraction of sp³-hybridized carbons (Fsp3) is 0.733. The number of aliphatic hydroxyl groups excluding tert-OH is 1. The maximum Gasteiger partial charge on any atom is 0.129 e. The first-order chi connectivity index (χ1) is 9.17. The fourth-order valence-corrected chi connectivity index (χ4v) is 2.23. The van der Waals surface area contributed by atoms with Crippen LogP contribution in [0.15, 0.2) is 22.8 Å². The number of furan rings is 1. The van der Waals surface area contributed by atoms with Crippen LogP contribution in [0.3, 0.4) is 0 Å². The predicted octanol–water partition coefficient (Wildman–Crippen LogP) is 2.57. The van der Waals surface area contributed by atoms with Crippen molar-refractivity contribution in [2.75, 3.05) is 13.2 Å². The quantitative estimate of drug-likeness (QED) is 0.685. The van der Waals surface area contributed by atoms with Gasteiger partial charge in [0.2, 0.25) is 0 Å². The maximum atomic E-state index is 9.84. The minimum atomic E-state index is -0.480. The van der Waals surface area contributed by atoms with Crippen molar-refractivity contribution in [1.82, 2.24) is 5.32 Å². The Kier molecular flexibility index (Phi) is 7.79. The molecule has 0 aliphatic carbocycles. The van der Waals surface area contributed by atoms with Crippen LogP contribution in [0.4, 0.5) is 0 Å². The van der Waals surface area contributed by atoms with E-state index < -0.39 is 6.10 Å². The van der Waals surface area contributed by atoms with Crippen molar-refractivity contribution in [3.8, 4) is 0 Å². The summed E-state index contributed by atoms with van der Waals surface area (Å²) in [6.45, 7) is 7.88. The van der Waals surface area contributed by atoms with Gasteiger partial charge in [-0.15, -0.1) is 0 Å². The van der Waals surface area contributed by atoms with E-state index >= 15 is 0 Å². The second-order valence-corrected chi connectivity index (χ2v) is 5.02. The van der Waals surface area contributed by atoms with Crippen LogP contribution in [-0.2, 0) is 11.3 Å². The van der Waals surface area contributed by atoms with E-state index in [2.05, 4.69) is 26.1 Å². The molecule has 0 aliphatic rings. The molecule has 0 saturated carbocycles. The van der Waals surface area contributed by atoms with Crippen LogP contribution >= 0.6 is 0 Å². The van der Waals surface area contributed by atoms with Gasteiger partial charge >= 0.3 is 0 Å². The van der Waals surface area contributed by atoms with Crippen LogP contribution in [0, 0.1) is 5.92 Å². The minimum absolute atomic E-state index is 0.323. The molecule has 19 heavy (non-hydrogen) atoms. The van der Waals surface area contributed by atoms with E-state index in [4.69, 9.17) is 9.15 Å². The van der Waals surface area contributed by atoms with E-state index in [1.54, 1.807) is 6.26 Å². The average Bonchev–Trinajstić information content (AvgIpc) is 2.91. The van der Waals surface area contributed by atoms with Gasteiger partial charge in [0, 0.05) is 12.6 Å². The van der Waals surface area contributed by atoms with Crippen molar-refractivity contribution in [3.63, 3.8) is 0 Å². The SMILES string of the molecule is CCC(CC)C(C)NCC(O)COCc1ccco1. The normalized spacial score (nSPS) is 14.8. The second-order valence-electron chi connectivity index (χ2n) is 5.02. The highest BCUT2D eigenvalue weighted by molar-refractivity contribution is 4.96. The Hall–Kier alpha value is -0.840. The molecule has 4 heteroatoms. The molecule has 0 bridgehead atoms. The summed E-state index contributed by atoms with van der Waals surface area (Å²) in [5.41, 5.74) is 0. The molecule has 4 nitrogen and oxygen atoms in total. The summed E-state index contributed by atoms with van der Waals surface area (Å²) < 4.78 is 10.6. The number of hydrogen-bond donors (Lipinski definition) is 2. The average molecular weight is 269 g/mol. The minimum Gasteiger partial charge on any atom is -0.467 e. The van der Waals surface area contributed by atoms with Gasteiger partial charge in [-0.1, -0.05) is 26.7 Å². The van der Waals surface area contributed by atoms with E-state index in [0.29, 0.717) is 31.7 Å². The van der Waals surface area contributed by atoms with Gasteiger partial charge in [-0.05, 0) is 25.0 Å². The summed E-state index contributed by atoms with van der Waals surface area (Å²) >= 11 is 0. The summed E-state index contributed by atoms with van der Waals surface area (Å²) in [7, 11) is 0. The number of hydrogen-bond acceptors (Lipinski definition) is 4. The zero-order valence-corrected chi connectivity index (χ0v) is 12.3. The van der Waals surface area contributed by atoms with Gasteiger partial charge in [-0.25, -0.2) is 0 Å². The number of aliphatic hydroxyl groups is 1. The summed E-state index contributed by atoms with van der Waals surface area (Å²) in [5.74, 6) is 1.45. The topological polar surface area (TPSA) is 54.6 Å². The molecule has 1 aromatic rings. The Bertz CT molecular complexity index is 309.